The summed E-state index contributed by atoms with van der Waals surface area (Å²) >= 11 is 0. The first-order chi connectivity index (χ1) is 12.4. The molecule has 5 rings (SSSR count). The fraction of sp³-hybridized carbons (Fsp3) is 0.333. The summed E-state index contributed by atoms with van der Waals surface area (Å²) in [5.41, 5.74) is 6.73. The average Bonchev–Trinajstić information content (AvgIpc) is 3.06. The lowest BCUT2D eigenvalue weighted by atomic mass is 10.0. The highest BCUT2D eigenvalue weighted by Gasteiger charge is 2.21. The summed E-state index contributed by atoms with van der Waals surface area (Å²) in [7, 11) is 0. The number of nitrogens with zero attached hydrogens (tertiary/aromatic N) is 2. The van der Waals surface area contributed by atoms with E-state index in [9.17, 15) is 0 Å². The molecule has 0 saturated carbocycles. The van der Waals surface area contributed by atoms with Crippen molar-refractivity contribution in [3.8, 4) is 0 Å². The fourth-order valence-electron chi connectivity index (χ4n) is 4.11. The minimum atomic E-state index is 0.830. The third-order valence-corrected chi connectivity index (χ3v) is 5.47. The lowest BCUT2D eigenvalue weighted by Crippen LogP contribution is -2.36. The standard InChI is InChI=1S/C21H23N3O/c1-2-4-20-18(3-1)19-9-10-24(15-21(19)22-20)17-7-5-16(6-8-17)23-11-13-25-14-12-23/h1-8,22H,9-15H2. The van der Waals surface area contributed by atoms with Crippen molar-refractivity contribution in [2.24, 2.45) is 0 Å². The van der Waals surface area contributed by atoms with E-state index in [4.69, 9.17) is 4.74 Å². The van der Waals surface area contributed by atoms with Crippen molar-refractivity contribution in [1.82, 2.24) is 4.98 Å². The zero-order valence-electron chi connectivity index (χ0n) is 14.4. The molecule has 0 unspecified atom stereocenters. The second-order valence-corrected chi connectivity index (χ2v) is 6.92. The summed E-state index contributed by atoms with van der Waals surface area (Å²) < 4.78 is 5.44. The summed E-state index contributed by atoms with van der Waals surface area (Å²) in [6.45, 7) is 5.67. The quantitative estimate of drug-likeness (QED) is 0.778. The summed E-state index contributed by atoms with van der Waals surface area (Å²) in [6, 6.07) is 17.7. The minimum Gasteiger partial charge on any atom is -0.378 e. The van der Waals surface area contributed by atoms with Crippen LogP contribution in [0.25, 0.3) is 10.9 Å². The molecule has 0 radical (unpaired) electrons. The first-order valence-corrected chi connectivity index (χ1v) is 9.15. The molecule has 0 spiro atoms. The lowest BCUT2D eigenvalue weighted by Gasteiger charge is -2.31. The van der Waals surface area contributed by atoms with E-state index in [0.29, 0.717) is 0 Å². The maximum atomic E-state index is 5.44. The third-order valence-electron chi connectivity index (χ3n) is 5.47. The van der Waals surface area contributed by atoms with Crippen LogP contribution in [0.3, 0.4) is 0 Å². The Morgan fingerprint density at radius 2 is 1.52 bits per heavy atom. The van der Waals surface area contributed by atoms with Crippen molar-refractivity contribution in [2.45, 2.75) is 13.0 Å². The summed E-state index contributed by atoms with van der Waals surface area (Å²) in [6.07, 6.45) is 1.10. The Morgan fingerprint density at radius 3 is 2.32 bits per heavy atom. The molecule has 1 N–H and O–H groups in total. The van der Waals surface area contributed by atoms with Crippen molar-refractivity contribution in [1.29, 1.82) is 0 Å². The van der Waals surface area contributed by atoms with Gasteiger partial charge >= 0.3 is 0 Å². The number of H-pyrrole nitrogens is 1. The predicted octanol–water partition coefficient (Wildman–Crippen LogP) is 3.57. The largest absolute Gasteiger partial charge is 0.378 e. The van der Waals surface area contributed by atoms with Gasteiger partial charge in [-0.25, -0.2) is 0 Å². The number of hydrogen-bond acceptors (Lipinski definition) is 3. The highest BCUT2D eigenvalue weighted by atomic mass is 16.5. The number of morpholine rings is 1. The van der Waals surface area contributed by atoms with E-state index in [0.717, 1.165) is 45.8 Å². The van der Waals surface area contributed by atoms with Crippen molar-refractivity contribution in [3.05, 3.63) is 59.8 Å². The zero-order chi connectivity index (χ0) is 16.6. The maximum Gasteiger partial charge on any atom is 0.0642 e. The molecule has 2 aliphatic rings. The number of aromatic nitrogens is 1. The Labute approximate surface area is 148 Å². The molecule has 3 aromatic rings. The van der Waals surface area contributed by atoms with E-state index in [1.165, 1.54) is 33.5 Å². The number of fused-ring (bicyclic) bond motifs is 3. The molecular formula is C21H23N3O. The van der Waals surface area contributed by atoms with Crippen LogP contribution in [-0.2, 0) is 17.7 Å². The Balaban J connectivity index is 1.37. The van der Waals surface area contributed by atoms with Gasteiger partial charge in [0.15, 0.2) is 0 Å². The number of benzene rings is 2. The molecule has 0 amide bonds. The number of anilines is 2. The summed E-state index contributed by atoms with van der Waals surface area (Å²) in [5.74, 6) is 0. The van der Waals surface area contributed by atoms with Crippen molar-refractivity contribution >= 4 is 22.3 Å². The molecule has 128 valence electrons. The number of nitrogens with one attached hydrogen (secondary N) is 1. The normalized spacial score (nSPS) is 17.8. The minimum absolute atomic E-state index is 0.830. The van der Waals surface area contributed by atoms with E-state index < -0.39 is 0 Å². The molecule has 25 heavy (non-hydrogen) atoms. The van der Waals surface area contributed by atoms with Gasteiger partial charge in [0.1, 0.15) is 0 Å². The molecule has 0 atom stereocenters. The van der Waals surface area contributed by atoms with E-state index in [-0.39, 0.29) is 0 Å². The van der Waals surface area contributed by atoms with Crippen LogP contribution in [0.2, 0.25) is 0 Å². The number of hydrogen-bond donors (Lipinski definition) is 1. The van der Waals surface area contributed by atoms with Crippen LogP contribution in [0.1, 0.15) is 11.3 Å². The smallest absolute Gasteiger partial charge is 0.0642 e. The number of ether oxygens (including phenoxy) is 1. The second-order valence-electron chi connectivity index (χ2n) is 6.92. The predicted molar refractivity (Wildman–Crippen MR) is 103 cm³/mol. The van der Waals surface area contributed by atoms with E-state index in [2.05, 4.69) is 63.3 Å². The Bertz CT molecular complexity index is 878. The highest BCUT2D eigenvalue weighted by Crippen LogP contribution is 2.30. The van der Waals surface area contributed by atoms with Gasteiger partial charge in [-0.2, -0.15) is 0 Å². The Kier molecular flexibility index (Phi) is 3.63. The van der Waals surface area contributed by atoms with Gasteiger partial charge in [0.25, 0.3) is 0 Å². The third kappa shape index (κ3) is 2.67. The number of para-hydroxylation sites is 1. The van der Waals surface area contributed by atoms with E-state index in [1.54, 1.807) is 0 Å². The number of rotatable bonds is 2. The molecule has 4 nitrogen and oxygen atoms in total. The zero-order valence-corrected chi connectivity index (χ0v) is 14.4. The first-order valence-electron chi connectivity index (χ1n) is 9.15. The monoisotopic (exact) mass is 333 g/mol. The Morgan fingerprint density at radius 1 is 0.800 bits per heavy atom. The molecule has 1 fully saturated rings. The van der Waals surface area contributed by atoms with Gasteiger partial charge in [-0.1, -0.05) is 18.2 Å². The van der Waals surface area contributed by atoms with Gasteiger partial charge in [-0.05, 0) is 42.3 Å². The average molecular weight is 333 g/mol. The molecule has 0 aliphatic carbocycles. The van der Waals surface area contributed by atoms with E-state index in [1.807, 2.05) is 0 Å². The van der Waals surface area contributed by atoms with Crippen LogP contribution < -0.4 is 9.80 Å². The van der Waals surface area contributed by atoms with Gasteiger partial charge in [0.2, 0.25) is 0 Å². The van der Waals surface area contributed by atoms with Crippen LogP contribution in [0.4, 0.5) is 11.4 Å². The molecular weight excluding hydrogens is 310 g/mol. The van der Waals surface area contributed by atoms with Crippen LogP contribution in [0.15, 0.2) is 48.5 Å². The fourth-order valence-corrected chi connectivity index (χ4v) is 4.11. The molecule has 0 bridgehead atoms. The molecule has 2 aliphatic heterocycles. The summed E-state index contributed by atoms with van der Waals surface area (Å²) in [4.78, 5) is 8.49. The van der Waals surface area contributed by atoms with Crippen LogP contribution in [-0.4, -0.2) is 37.8 Å². The molecule has 3 heterocycles. The molecule has 1 aromatic heterocycles. The van der Waals surface area contributed by atoms with E-state index >= 15 is 0 Å². The first kappa shape index (κ1) is 14.8. The van der Waals surface area contributed by atoms with Gasteiger partial charge in [-0.15, -0.1) is 0 Å². The number of aromatic amines is 1. The summed E-state index contributed by atoms with van der Waals surface area (Å²) in [5, 5.41) is 1.39. The topological polar surface area (TPSA) is 31.5 Å². The molecule has 2 aromatic carbocycles. The molecule has 4 heteroatoms. The maximum absolute atomic E-state index is 5.44. The van der Waals surface area contributed by atoms with Crippen LogP contribution >= 0.6 is 0 Å². The van der Waals surface area contributed by atoms with Crippen molar-refractivity contribution < 1.29 is 4.74 Å². The Hall–Kier alpha value is -2.46. The van der Waals surface area contributed by atoms with Crippen LogP contribution in [0.5, 0.6) is 0 Å². The lowest BCUT2D eigenvalue weighted by molar-refractivity contribution is 0.122. The SMILES string of the molecule is c1ccc2c3c([nH]c2c1)CN(c1ccc(N2CCOCC2)cc1)CC3. The van der Waals surface area contributed by atoms with Gasteiger partial charge < -0.3 is 19.5 Å². The van der Waals surface area contributed by atoms with Crippen LogP contribution in [0, 0.1) is 0 Å². The second kappa shape index (κ2) is 6.12. The van der Waals surface area contributed by atoms with Crippen molar-refractivity contribution in [3.63, 3.8) is 0 Å². The van der Waals surface area contributed by atoms with Gasteiger partial charge in [0.05, 0.1) is 19.8 Å². The van der Waals surface area contributed by atoms with Gasteiger partial charge in [0, 0.05) is 47.6 Å². The highest BCUT2D eigenvalue weighted by molar-refractivity contribution is 5.85. The van der Waals surface area contributed by atoms with Crippen molar-refractivity contribution in [2.75, 3.05) is 42.6 Å². The van der Waals surface area contributed by atoms with Gasteiger partial charge in [-0.3, -0.25) is 0 Å². The molecule has 1 saturated heterocycles.